The molecule has 1 aliphatic rings. The number of para-hydroxylation sites is 4. The maximum Gasteiger partial charge on any atom is 0.207 e. The molecule has 4 nitrogen and oxygen atoms in total. The Balaban J connectivity index is 0.866. The Morgan fingerprint density at radius 1 is 0.322 bits per heavy atom. The van der Waals surface area contributed by atoms with Crippen molar-refractivity contribution in [3.63, 3.8) is 0 Å². The van der Waals surface area contributed by atoms with Gasteiger partial charge in [-0.05, 0) is 106 Å². The Bertz CT molecular complexity index is 3700. The lowest BCUT2D eigenvalue weighted by atomic mass is 9.94. The third-order valence-corrected chi connectivity index (χ3v) is 14.5. The SMILES string of the molecule is O=S1(=O)c2ccc(-c3ccc(-c4cc5c6ccccc6n6c7ccccc7c(c4)c56)cc3)cc2-c2cc(-c3ccc(-n4c5ccccc5c5ccccc54)cc3)ccc21. The Kier molecular flexibility index (Phi) is 6.52. The normalized spacial score (nSPS) is 13.4. The van der Waals surface area contributed by atoms with Gasteiger partial charge in [0.15, 0.2) is 0 Å². The van der Waals surface area contributed by atoms with E-state index in [9.17, 15) is 8.42 Å². The van der Waals surface area contributed by atoms with Gasteiger partial charge in [0.2, 0.25) is 9.84 Å². The number of nitrogens with zero attached hydrogens (tertiary/aromatic N) is 2. The van der Waals surface area contributed by atoms with E-state index in [4.69, 9.17) is 0 Å². The Morgan fingerprint density at radius 2 is 0.695 bits per heavy atom. The second-order valence-corrected chi connectivity index (χ2v) is 17.6. The van der Waals surface area contributed by atoms with Crippen molar-refractivity contribution in [3.8, 4) is 50.2 Å². The molecule has 5 heteroatoms. The summed E-state index contributed by atoms with van der Waals surface area (Å²) in [5, 5.41) is 7.47. The predicted molar refractivity (Wildman–Crippen MR) is 243 cm³/mol. The summed E-state index contributed by atoms with van der Waals surface area (Å²) in [4.78, 5) is 0.717. The minimum Gasteiger partial charge on any atom is -0.309 e. The molecule has 0 fully saturated rings. The van der Waals surface area contributed by atoms with Crippen LogP contribution < -0.4 is 0 Å². The molecule has 0 bridgehead atoms. The molecule has 0 saturated heterocycles. The molecular weight excluding hydrogens is 741 g/mol. The van der Waals surface area contributed by atoms with Crippen molar-refractivity contribution < 1.29 is 8.42 Å². The maximum absolute atomic E-state index is 13.8. The molecule has 276 valence electrons. The van der Waals surface area contributed by atoms with Crippen LogP contribution in [0.4, 0.5) is 0 Å². The van der Waals surface area contributed by atoms with Gasteiger partial charge in [0.1, 0.15) is 0 Å². The summed E-state index contributed by atoms with van der Waals surface area (Å²) in [5.41, 5.74) is 14.9. The second kappa shape index (κ2) is 11.8. The zero-order valence-electron chi connectivity index (χ0n) is 31.6. The van der Waals surface area contributed by atoms with Crippen molar-refractivity contribution in [2.75, 3.05) is 0 Å². The average molecular weight is 773 g/mol. The molecule has 0 unspecified atom stereocenters. The van der Waals surface area contributed by atoms with Gasteiger partial charge in [-0.25, -0.2) is 8.42 Å². The van der Waals surface area contributed by atoms with Crippen molar-refractivity contribution in [2.45, 2.75) is 9.79 Å². The highest BCUT2D eigenvalue weighted by Crippen LogP contribution is 2.47. The van der Waals surface area contributed by atoms with Crippen LogP contribution in [-0.4, -0.2) is 17.4 Å². The number of hydrogen-bond acceptors (Lipinski definition) is 2. The lowest BCUT2D eigenvalue weighted by Gasteiger charge is -2.10. The fourth-order valence-corrected chi connectivity index (χ4v) is 11.6. The molecule has 0 N–H and O–H groups in total. The predicted octanol–water partition coefficient (Wildman–Crippen LogP) is 13.7. The quantitative estimate of drug-likeness (QED) is 0.179. The number of fused-ring (bicyclic) bond motifs is 12. The van der Waals surface area contributed by atoms with Gasteiger partial charge >= 0.3 is 0 Å². The molecular formula is C54H32N2O2S. The summed E-state index contributed by atoms with van der Waals surface area (Å²) >= 11 is 0. The van der Waals surface area contributed by atoms with Crippen LogP contribution >= 0.6 is 0 Å². The van der Waals surface area contributed by atoms with E-state index in [2.05, 4.69) is 167 Å². The third-order valence-electron chi connectivity index (χ3n) is 12.6. The minimum atomic E-state index is -3.64. The van der Waals surface area contributed by atoms with Gasteiger partial charge in [-0.3, -0.25) is 0 Å². The molecule has 4 heterocycles. The van der Waals surface area contributed by atoms with Crippen molar-refractivity contribution in [2.24, 2.45) is 0 Å². The molecule has 0 radical (unpaired) electrons. The molecule has 9 aromatic carbocycles. The van der Waals surface area contributed by atoms with E-state index < -0.39 is 9.84 Å². The number of benzene rings is 9. The Hall–Kier alpha value is -7.47. The number of sulfone groups is 1. The van der Waals surface area contributed by atoms with Crippen LogP contribution in [0.5, 0.6) is 0 Å². The summed E-state index contributed by atoms with van der Waals surface area (Å²) < 4.78 is 32.4. The summed E-state index contributed by atoms with van der Waals surface area (Å²) in [6.07, 6.45) is 0. The van der Waals surface area contributed by atoms with Gasteiger partial charge < -0.3 is 8.97 Å². The largest absolute Gasteiger partial charge is 0.309 e. The van der Waals surface area contributed by atoms with Crippen LogP contribution in [0.15, 0.2) is 204 Å². The van der Waals surface area contributed by atoms with Crippen LogP contribution in [0, 0.1) is 0 Å². The zero-order valence-corrected chi connectivity index (χ0v) is 32.4. The molecule has 0 atom stereocenters. The second-order valence-electron chi connectivity index (χ2n) is 15.7. The van der Waals surface area contributed by atoms with Crippen LogP contribution in [0.1, 0.15) is 0 Å². The Morgan fingerprint density at radius 3 is 1.17 bits per heavy atom. The van der Waals surface area contributed by atoms with Crippen molar-refractivity contribution >= 4 is 69.7 Å². The summed E-state index contributed by atoms with van der Waals surface area (Å²) in [5.74, 6) is 0. The third kappa shape index (κ3) is 4.51. The molecule has 0 saturated carbocycles. The molecule has 0 spiro atoms. The topological polar surface area (TPSA) is 43.5 Å². The lowest BCUT2D eigenvalue weighted by molar-refractivity contribution is 0.598. The number of aromatic nitrogens is 2. The van der Waals surface area contributed by atoms with Gasteiger partial charge in [0.25, 0.3) is 0 Å². The highest BCUT2D eigenvalue weighted by Gasteiger charge is 2.33. The van der Waals surface area contributed by atoms with Gasteiger partial charge in [-0.2, -0.15) is 0 Å². The lowest BCUT2D eigenvalue weighted by Crippen LogP contribution is -1.96. The van der Waals surface area contributed by atoms with Crippen LogP contribution in [-0.2, 0) is 9.84 Å². The van der Waals surface area contributed by atoms with Gasteiger partial charge in [0.05, 0.1) is 37.4 Å². The number of rotatable bonds is 4. The van der Waals surface area contributed by atoms with Gasteiger partial charge in [-0.1, -0.05) is 121 Å². The molecule has 13 rings (SSSR count). The zero-order chi connectivity index (χ0) is 39.0. The van der Waals surface area contributed by atoms with Crippen molar-refractivity contribution in [3.05, 3.63) is 194 Å². The van der Waals surface area contributed by atoms with E-state index in [1.807, 2.05) is 24.3 Å². The highest BCUT2D eigenvalue weighted by atomic mass is 32.2. The smallest absolute Gasteiger partial charge is 0.207 e. The Labute approximate surface area is 339 Å². The van der Waals surface area contributed by atoms with Crippen molar-refractivity contribution in [1.29, 1.82) is 0 Å². The van der Waals surface area contributed by atoms with Crippen LogP contribution in [0.3, 0.4) is 0 Å². The summed E-state index contributed by atoms with van der Waals surface area (Å²) in [7, 11) is -3.64. The molecule has 12 aromatic rings. The van der Waals surface area contributed by atoms with Gasteiger partial charge in [0, 0.05) is 49.1 Å². The van der Waals surface area contributed by atoms with E-state index in [1.165, 1.54) is 54.4 Å². The van der Waals surface area contributed by atoms with Crippen molar-refractivity contribution in [1.82, 2.24) is 8.97 Å². The fourth-order valence-electron chi connectivity index (χ4n) is 9.90. The molecule has 0 amide bonds. The average Bonchev–Trinajstić information content (AvgIpc) is 3.99. The van der Waals surface area contributed by atoms with Crippen LogP contribution in [0.2, 0.25) is 0 Å². The first-order valence-corrected chi connectivity index (χ1v) is 21.4. The van der Waals surface area contributed by atoms with E-state index in [0.717, 1.165) is 55.7 Å². The summed E-state index contributed by atoms with van der Waals surface area (Å²) in [6.45, 7) is 0. The maximum atomic E-state index is 13.8. The first-order valence-electron chi connectivity index (χ1n) is 19.9. The standard InChI is InChI=1S/C54H32N2O2S/c57-59(58)52-27-23-36(33-17-19-35(20-18-33)38-31-46-42-11-3-7-15-50(42)56-51-16-8-4-12-43(51)47(32-38)54(46)56)29-44(52)45-30-37(24-28-53(45)59)34-21-25-39(26-22-34)55-48-13-5-1-9-40(48)41-10-2-6-14-49(41)55/h1-32H. The highest BCUT2D eigenvalue weighted by molar-refractivity contribution is 7.92. The van der Waals surface area contributed by atoms with Crippen LogP contribution in [0.25, 0.3) is 110 Å². The molecule has 0 aliphatic carbocycles. The fraction of sp³-hybridized carbons (Fsp3) is 0. The molecule has 3 aromatic heterocycles. The molecule has 1 aliphatic heterocycles. The minimum absolute atomic E-state index is 0.358. The van der Waals surface area contributed by atoms with E-state index >= 15 is 0 Å². The van der Waals surface area contributed by atoms with E-state index in [0.29, 0.717) is 9.79 Å². The summed E-state index contributed by atoms with van der Waals surface area (Å²) in [6, 6.07) is 67.7. The monoisotopic (exact) mass is 772 g/mol. The first kappa shape index (κ1) is 32.6. The van der Waals surface area contributed by atoms with Gasteiger partial charge in [-0.15, -0.1) is 0 Å². The molecule has 59 heavy (non-hydrogen) atoms. The number of hydrogen-bond donors (Lipinski definition) is 0. The first-order chi connectivity index (χ1) is 29.0. The van der Waals surface area contributed by atoms with E-state index in [-0.39, 0.29) is 0 Å². The van der Waals surface area contributed by atoms with E-state index in [1.54, 1.807) is 12.1 Å².